The average molecular weight is 631 g/mol. The molecule has 3 heterocycles. The summed E-state index contributed by atoms with van der Waals surface area (Å²) in [4.78, 5) is 10.9. The van der Waals surface area contributed by atoms with Crippen LogP contribution in [0, 0.1) is 0 Å². The zero-order valence-corrected chi connectivity index (χ0v) is 26.4. The lowest BCUT2D eigenvalue weighted by atomic mass is 9.93. The molecule has 228 valence electrons. The van der Waals surface area contributed by atoms with Crippen LogP contribution in [0.25, 0.3) is 11.1 Å². The average Bonchev–Trinajstić information content (AvgIpc) is 3.63. The monoisotopic (exact) mass is 630 g/mol. The largest absolute Gasteiger partial charge is 0.364 e. The van der Waals surface area contributed by atoms with E-state index in [1.165, 1.54) is 29.0 Å². The molecule has 5 aromatic rings. The Hall–Kier alpha value is -4.26. The van der Waals surface area contributed by atoms with E-state index in [4.69, 9.17) is 0 Å². The maximum absolute atomic E-state index is 14.3. The molecule has 0 saturated carbocycles. The minimum absolute atomic E-state index is 0.0326. The van der Waals surface area contributed by atoms with Crippen molar-refractivity contribution in [2.45, 2.75) is 35.5 Å². The first-order chi connectivity index (χ1) is 21.0. The van der Waals surface area contributed by atoms with Gasteiger partial charge in [-0.25, -0.2) is 26.8 Å². The first-order valence-corrected chi connectivity index (χ1v) is 17.5. The van der Waals surface area contributed by atoms with Crippen LogP contribution in [0.15, 0.2) is 108 Å². The summed E-state index contributed by atoms with van der Waals surface area (Å²) in [5.41, 5.74) is 5.91. The number of anilines is 1. The second kappa shape index (κ2) is 11.7. The highest BCUT2D eigenvalue weighted by Crippen LogP contribution is 2.36. The fraction of sp³-hybridized carbons (Fsp3) is 0.250. The molecule has 6 rings (SSSR count). The number of rotatable bonds is 9. The van der Waals surface area contributed by atoms with Gasteiger partial charge < -0.3 is 14.0 Å². The Labute approximate surface area is 258 Å². The molecular weight excluding hydrogens is 597 g/mol. The summed E-state index contributed by atoms with van der Waals surface area (Å²) in [5, 5.41) is -0.0326. The van der Waals surface area contributed by atoms with Crippen LogP contribution in [-0.2, 0) is 53.5 Å². The predicted octanol–water partition coefficient (Wildman–Crippen LogP) is 4.05. The summed E-state index contributed by atoms with van der Waals surface area (Å²) in [6, 6.07) is 22.4. The standard InChI is InChI=1S/C32H34N6O4S2/c1-35-21-32(34-23-35)44(41,42)38(18-24-9-12-30(13-10-24)43(3,39)40)28-16-27-15-26(25-7-5-4-6-8-25)11-14-31(27)37(19-28)20-29-17-33-22-36(29)2/h4-15,17,21-23,28H,16,18-20H2,1-3H3. The van der Waals surface area contributed by atoms with Gasteiger partial charge in [-0.15, -0.1) is 0 Å². The van der Waals surface area contributed by atoms with Crippen LogP contribution in [0.1, 0.15) is 16.8 Å². The van der Waals surface area contributed by atoms with E-state index in [0.29, 0.717) is 25.1 Å². The van der Waals surface area contributed by atoms with E-state index in [1.54, 1.807) is 30.1 Å². The van der Waals surface area contributed by atoms with Crippen LogP contribution in [0.2, 0.25) is 0 Å². The third kappa shape index (κ3) is 6.05. The van der Waals surface area contributed by atoms with Crippen LogP contribution < -0.4 is 4.90 Å². The van der Waals surface area contributed by atoms with Gasteiger partial charge in [-0.3, -0.25) is 0 Å². The molecule has 1 aliphatic heterocycles. The van der Waals surface area contributed by atoms with Gasteiger partial charge in [0.25, 0.3) is 10.0 Å². The molecular formula is C32H34N6O4S2. The van der Waals surface area contributed by atoms with Crippen molar-refractivity contribution in [3.8, 4) is 11.1 Å². The number of benzene rings is 3. The van der Waals surface area contributed by atoms with Crippen molar-refractivity contribution in [2.24, 2.45) is 14.1 Å². The molecule has 0 radical (unpaired) electrons. The number of hydrogen-bond acceptors (Lipinski definition) is 7. The Kier molecular flexibility index (Phi) is 7.91. The molecule has 1 aliphatic rings. The molecule has 1 atom stereocenters. The lowest BCUT2D eigenvalue weighted by Gasteiger charge is -2.40. The molecule has 3 aromatic carbocycles. The molecule has 0 fully saturated rings. The lowest BCUT2D eigenvalue weighted by molar-refractivity contribution is 0.301. The topological polar surface area (TPSA) is 110 Å². The summed E-state index contributed by atoms with van der Waals surface area (Å²) in [7, 11) is -3.75. The van der Waals surface area contributed by atoms with Crippen molar-refractivity contribution in [3.63, 3.8) is 0 Å². The number of aryl methyl sites for hydroxylation is 2. The number of hydrogen-bond donors (Lipinski definition) is 0. The van der Waals surface area contributed by atoms with Crippen molar-refractivity contribution < 1.29 is 16.8 Å². The van der Waals surface area contributed by atoms with Crippen LogP contribution in [-0.4, -0.2) is 59.1 Å². The van der Waals surface area contributed by atoms with Gasteiger partial charge in [-0.05, 0) is 52.9 Å². The fourth-order valence-corrected chi connectivity index (χ4v) is 7.89. The summed E-state index contributed by atoms with van der Waals surface area (Å²) in [6.07, 6.45) is 8.21. The summed E-state index contributed by atoms with van der Waals surface area (Å²) in [6.45, 7) is 1.04. The Morgan fingerprint density at radius 2 is 1.66 bits per heavy atom. The minimum Gasteiger partial charge on any atom is -0.364 e. The third-order valence-electron chi connectivity index (χ3n) is 8.03. The highest BCUT2D eigenvalue weighted by Gasteiger charge is 2.37. The van der Waals surface area contributed by atoms with Crippen molar-refractivity contribution in [1.29, 1.82) is 0 Å². The maximum Gasteiger partial charge on any atom is 0.262 e. The second-order valence-electron chi connectivity index (χ2n) is 11.3. The van der Waals surface area contributed by atoms with Gasteiger partial charge in [0.15, 0.2) is 14.9 Å². The zero-order chi connectivity index (χ0) is 31.1. The first kappa shape index (κ1) is 29.8. The van der Waals surface area contributed by atoms with Gasteiger partial charge in [0.2, 0.25) is 0 Å². The van der Waals surface area contributed by atoms with E-state index in [2.05, 4.69) is 45.2 Å². The van der Waals surface area contributed by atoms with E-state index in [-0.39, 0.29) is 16.5 Å². The third-order valence-corrected chi connectivity index (χ3v) is 10.9. The molecule has 0 spiro atoms. The van der Waals surface area contributed by atoms with Gasteiger partial charge >= 0.3 is 0 Å². The number of sulfonamides is 1. The van der Waals surface area contributed by atoms with E-state index in [9.17, 15) is 16.8 Å². The molecule has 0 aliphatic carbocycles. The summed E-state index contributed by atoms with van der Waals surface area (Å²) >= 11 is 0. The Morgan fingerprint density at radius 3 is 2.30 bits per heavy atom. The SMILES string of the molecule is Cn1cnc(S(=O)(=O)N(Cc2ccc(S(C)(=O)=O)cc2)C2Cc3cc(-c4ccccc4)ccc3N(Cc3cncn3C)C2)c1. The smallest absolute Gasteiger partial charge is 0.262 e. The van der Waals surface area contributed by atoms with Crippen LogP contribution in [0.5, 0.6) is 0 Å². The molecule has 1 unspecified atom stereocenters. The molecule has 0 N–H and O–H groups in total. The van der Waals surface area contributed by atoms with Gasteiger partial charge in [-0.1, -0.05) is 48.5 Å². The molecule has 0 amide bonds. The lowest BCUT2D eigenvalue weighted by Crippen LogP contribution is -2.50. The number of fused-ring (bicyclic) bond motifs is 1. The molecule has 0 saturated heterocycles. The van der Waals surface area contributed by atoms with E-state index < -0.39 is 25.9 Å². The second-order valence-corrected chi connectivity index (χ2v) is 15.1. The van der Waals surface area contributed by atoms with Crippen LogP contribution >= 0.6 is 0 Å². The van der Waals surface area contributed by atoms with E-state index >= 15 is 0 Å². The van der Waals surface area contributed by atoms with Crippen LogP contribution in [0.4, 0.5) is 5.69 Å². The molecule has 44 heavy (non-hydrogen) atoms. The summed E-state index contributed by atoms with van der Waals surface area (Å²) in [5.74, 6) is 0. The quantitative estimate of drug-likeness (QED) is 0.242. The number of aromatic nitrogens is 4. The van der Waals surface area contributed by atoms with Gasteiger partial charge in [0.05, 0.1) is 29.8 Å². The first-order valence-electron chi connectivity index (χ1n) is 14.2. The number of nitrogens with zero attached hydrogens (tertiary/aromatic N) is 6. The predicted molar refractivity (Wildman–Crippen MR) is 169 cm³/mol. The van der Waals surface area contributed by atoms with E-state index in [0.717, 1.165) is 34.3 Å². The van der Waals surface area contributed by atoms with Gasteiger partial charge in [0, 0.05) is 57.6 Å². The summed E-state index contributed by atoms with van der Waals surface area (Å²) < 4.78 is 57.8. The number of sulfone groups is 1. The van der Waals surface area contributed by atoms with Crippen molar-refractivity contribution in [1.82, 2.24) is 23.4 Å². The van der Waals surface area contributed by atoms with Gasteiger partial charge in [0.1, 0.15) is 0 Å². The number of imidazole rings is 2. The van der Waals surface area contributed by atoms with E-state index in [1.807, 2.05) is 36.0 Å². The molecule has 10 nitrogen and oxygen atoms in total. The minimum atomic E-state index is -4.04. The van der Waals surface area contributed by atoms with Crippen molar-refractivity contribution >= 4 is 25.5 Å². The van der Waals surface area contributed by atoms with Crippen LogP contribution in [0.3, 0.4) is 0 Å². The molecule has 0 bridgehead atoms. The van der Waals surface area contributed by atoms with Crippen molar-refractivity contribution in [3.05, 3.63) is 115 Å². The highest BCUT2D eigenvalue weighted by atomic mass is 32.2. The fourth-order valence-electron chi connectivity index (χ4n) is 5.69. The zero-order valence-electron chi connectivity index (χ0n) is 24.8. The highest BCUT2D eigenvalue weighted by molar-refractivity contribution is 7.90. The Balaban J connectivity index is 1.43. The Bertz CT molecular complexity index is 2000. The Morgan fingerprint density at radius 1 is 0.909 bits per heavy atom. The maximum atomic E-state index is 14.3. The molecule has 12 heteroatoms. The normalized spacial score (nSPS) is 15.5. The van der Waals surface area contributed by atoms with Crippen molar-refractivity contribution in [2.75, 3.05) is 17.7 Å². The van der Waals surface area contributed by atoms with Gasteiger partial charge in [-0.2, -0.15) is 4.31 Å². The molecule has 2 aromatic heterocycles.